The summed E-state index contributed by atoms with van der Waals surface area (Å²) in [4.78, 5) is 25.8. The molecular weight excluding hydrogens is 323 g/mol. The van der Waals surface area contributed by atoms with Crippen LogP contribution in [-0.4, -0.2) is 30.3 Å². The average molecular weight is 341 g/mol. The second kappa shape index (κ2) is 7.65. The molecule has 1 aliphatic rings. The van der Waals surface area contributed by atoms with Crippen molar-refractivity contribution in [1.29, 1.82) is 0 Å². The minimum absolute atomic E-state index is 0.00949. The Morgan fingerprint density at radius 3 is 2.55 bits per heavy atom. The molecule has 0 spiro atoms. The molecule has 0 unspecified atom stereocenters. The predicted octanol–water partition coefficient (Wildman–Crippen LogP) is 3.75. The lowest BCUT2D eigenvalue weighted by molar-refractivity contribution is -0.137. The van der Waals surface area contributed by atoms with Gasteiger partial charge in [0.2, 0.25) is 11.8 Å². The second-order valence-electron chi connectivity index (χ2n) is 5.32. The molecule has 1 aliphatic carbocycles. The van der Waals surface area contributed by atoms with Crippen molar-refractivity contribution in [2.75, 3.05) is 18.9 Å². The third-order valence-corrected chi connectivity index (χ3v) is 4.23. The fraction of sp³-hybridized carbons (Fsp3) is 0.375. The van der Waals surface area contributed by atoms with Gasteiger partial charge in [-0.15, -0.1) is 0 Å². The van der Waals surface area contributed by atoms with Crippen LogP contribution >= 0.6 is 23.2 Å². The van der Waals surface area contributed by atoms with Crippen LogP contribution in [0.5, 0.6) is 0 Å². The first kappa shape index (κ1) is 16.8. The maximum atomic E-state index is 12.3. The van der Waals surface area contributed by atoms with Crippen molar-refractivity contribution in [3.05, 3.63) is 40.4 Å². The van der Waals surface area contributed by atoms with Crippen molar-refractivity contribution >= 4 is 40.7 Å². The van der Waals surface area contributed by atoms with Gasteiger partial charge in [0.05, 0.1) is 22.3 Å². The van der Waals surface area contributed by atoms with Crippen molar-refractivity contribution < 1.29 is 9.59 Å². The monoisotopic (exact) mass is 340 g/mol. The van der Waals surface area contributed by atoms with Gasteiger partial charge in [-0.05, 0) is 31.4 Å². The maximum Gasteiger partial charge on any atom is 0.244 e. The lowest BCUT2D eigenvalue weighted by Crippen LogP contribution is -2.38. The highest BCUT2D eigenvalue weighted by Crippen LogP contribution is 2.29. The lowest BCUT2D eigenvalue weighted by Gasteiger charge is -2.24. The first-order valence-corrected chi connectivity index (χ1v) is 7.88. The van der Waals surface area contributed by atoms with Crippen LogP contribution in [0.15, 0.2) is 30.4 Å². The molecule has 22 heavy (non-hydrogen) atoms. The van der Waals surface area contributed by atoms with E-state index in [1.807, 2.05) is 6.08 Å². The molecule has 4 nitrogen and oxygen atoms in total. The Morgan fingerprint density at radius 2 is 1.95 bits per heavy atom. The summed E-state index contributed by atoms with van der Waals surface area (Å²) in [5, 5.41) is 3.39. The van der Waals surface area contributed by atoms with E-state index in [1.54, 1.807) is 25.2 Å². The van der Waals surface area contributed by atoms with Gasteiger partial charge in [-0.3, -0.25) is 9.59 Å². The number of anilines is 1. The molecule has 1 atom stereocenters. The Balaban J connectivity index is 1.94. The fourth-order valence-electron chi connectivity index (χ4n) is 2.42. The van der Waals surface area contributed by atoms with Crippen molar-refractivity contribution in [1.82, 2.24) is 4.90 Å². The Hall–Kier alpha value is -1.52. The molecule has 0 aliphatic heterocycles. The van der Waals surface area contributed by atoms with Gasteiger partial charge in [-0.2, -0.15) is 0 Å². The van der Waals surface area contributed by atoms with E-state index >= 15 is 0 Å². The zero-order valence-corrected chi connectivity index (χ0v) is 13.8. The number of allylic oxidation sites excluding steroid dienone is 2. The minimum Gasteiger partial charge on any atom is -0.336 e. The van der Waals surface area contributed by atoms with Gasteiger partial charge in [0.15, 0.2) is 0 Å². The van der Waals surface area contributed by atoms with E-state index < -0.39 is 0 Å². The summed E-state index contributed by atoms with van der Waals surface area (Å²) in [5.41, 5.74) is 0.372. The number of halogens is 2. The normalized spacial score (nSPS) is 17.1. The Kier molecular flexibility index (Phi) is 5.86. The standard InChI is InChI=1S/C16H18Cl2N2O2/c1-20(16(22)11-6-3-2-4-7-11)10-14(21)19-15-12(17)8-5-9-13(15)18/h2-3,5,8-9,11H,4,6-7,10H2,1H3,(H,19,21)/t11-/m0/s1. The Morgan fingerprint density at radius 1 is 1.27 bits per heavy atom. The molecule has 0 aromatic heterocycles. The number of amides is 2. The molecule has 0 heterocycles. The number of carbonyl (C=O) groups is 2. The zero-order valence-electron chi connectivity index (χ0n) is 12.3. The molecule has 0 bridgehead atoms. The number of likely N-dealkylation sites (N-methyl/N-ethyl adjacent to an activating group) is 1. The molecule has 1 N–H and O–H groups in total. The van der Waals surface area contributed by atoms with Gasteiger partial charge in [-0.25, -0.2) is 0 Å². The Bertz CT molecular complexity index is 582. The van der Waals surface area contributed by atoms with Gasteiger partial charge < -0.3 is 10.2 Å². The van der Waals surface area contributed by atoms with Crippen LogP contribution in [0.2, 0.25) is 10.0 Å². The minimum atomic E-state index is -0.322. The topological polar surface area (TPSA) is 49.4 Å². The number of hydrogen-bond donors (Lipinski definition) is 1. The predicted molar refractivity (Wildman–Crippen MR) is 89.2 cm³/mol. The highest BCUT2D eigenvalue weighted by Gasteiger charge is 2.23. The van der Waals surface area contributed by atoms with Gasteiger partial charge in [0, 0.05) is 13.0 Å². The van der Waals surface area contributed by atoms with E-state index in [1.165, 1.54) is 4.90 Å². The Labute approximate surface area is 140 Å². The highest BCUT2D eigenvalue weighted by atomic mass is 35.5. The molecule has 0 saturated heterocycles. The van der Waals surface area contributed by atoms with Gasteiger partial charge in [-0.1, -0.05) is 41.4 Å². The van der Waals surface area contributed by atoms with Gasteiger partial charge >= 0.3 is 0 Å². The molecule has 0 fully saturated rings. The fourth-order valence-corrected chi connectivity index (χ4v) is 2.91. The zero-order chi connectivity index (χ0) is 16.1. The van der Waals surface area contributed by atoms with Crippen molar-refractivity contribution in [3.8, 4) is 0 Å². The van der Waals surface area contributed by atoms with E-state index in [0.717, 1.165) is 19.3 Å². The summed E-state index contributed by atoms with van der Waals surface area (Å²) in [6.45, 7) is -0.0272. The number of benzene rings is 1. The molecule has 118 valence electrons. The van der Waals surface area contributed by atoms with Crippen LogP contribution in [0.1, 0.15) is 19.3 Å². The summed E-state index contributed by atoms with van der Waals surface area (Å²) in [5.74, 6) is -0.367. The van der Waals surface area contributed by atoms with Crippen molar-refractivity contribution in [3.63, 3.8) is 0 Å². The molecular formula is C16H18Cl2N2O2. The highest BCUT2D eigenvalue weighted by molar-refractivity contribution is 6.39. The number of para-hydroxylation sites is 1. The molecule has 1 aromatic carbocycles. The van der Waals surface area contributed by atoms with E-state index in [4.69, 9.17) is 23.2 Å². The van der Waals surface area contributed by atoms with Crippen LogP contribution in [0.25, 0.3) is 0 Å². The first-order valence-electron chi connectivity index (χ1n) is 7.13. The summed E-state index contributed by atoms with van der Waals surface area (Å²) in [6.07, 6.45) is 6.57. The van der Waals surface area contributed by atoms with Crippen LogP contribution in [0, 0.1) is 5.92 Å². The van der Waals surface area contributed by atoms with Crippen LogP contribution < -0.4 is 5.32 Å². The van der Waals surface area contributed by atoms with E-state index in [9.17, 15) is 9.59 Å². The van der Waals surface area contributed by atoms with Crippen molar-refractivity contribution in [2.45, 2.75) is 19.3 Å². The second-order valence-corrected chi connectivity index (χ2v) is 6.13. The summed E-state index contributed by atoms with van der Waals surface area (Å²) in [6, 6.07) is 4.99. The first-order chi connectivity index (χ1) is 10.5. The van der Waals surface area contributed by atoms with Crippen LogP contribution in [0.3, 0.4) is 0 Å². The van der Waals surface area contributed by atoms with E-state index in [0.29, 0.717) is 15.7 Å². The van der Waals surface area contributed by atoms with Crippen LogP contribution in [-0.2, 0) is 9.59 Å². The number of hydrogen-bond acceptors (Lipinski definition) is 2. The number of rotatable bonds is 4. The van der Waals surface area contributed by atoms with E-state index in [2.05, 4.69) is 11.4 Å². The number of nitrogens with one attached hydrogen (secondary N) is 1. The third-order valence-electron chi connectivity index (χ3n) is 3.60. The number of nitrogens with zero attached hydrogens (tertiary/aromatic N) is 1. The lowest BCUT2D eigenvalue weighted by atomic mass is 9.93. The molecule has 2 rings (SSSR count). The molecule has 0 radical (unpaired) electrons. The van der Waals surface area contributed by atoms with Crippen LogP contribution in [0.4, 0.5) is 5.69 Å². The molecule has 1 aromatic rings. The van der Waals surface area contributed by atoms with Gasteiger partial charge in [0.1, 0.15) is 0 Å². The number of carbonyl (C=O) groups excluding carboxylic acids is 2. The third kappa shape index (κ3) is 4.24. The average Bonchev–Trinajstić information content (AvgIpc) is 2.51. The van der Waals surface area contributed by atoms with E-state index in [-0.39, 0.29) is 24.3 Å². The molecule has 2 amide bonds. The largest absolute Gasteiger partial charge is 0.336 e. The SMILES string of the molecule is CN(CC(=O)Nc1c(Cl)cccc1Cl)C(=O)[C@H]1CC=CCC1. The molecule has 0 saturated carbocycles. The van der Waals surface area contributed by atoms with Gasteiger partial charge in [0.25, 0.3) is 0 Å². The summed E-state index contributed by atoms with van der Waals surface area (Å²) < 4.78 is 0. The maximum absolute atomic E-state index is 12.3. The quantitative estimate of drug-likeness (QED) is 0.848. The summed E-state index contributed by atoms with van der Waals surface area (Å²) >= 11 is 12.0. The van der Waals surface area contributed by atoms with Crippen molar-refractivity contribution in [2.24, 2.45) is 5.92 Å². The smallest absolute Gasteiger partial charge is 0.244 e. The summed E-state index contributed by atoms with van der Waals surface area (Å²) in [7, 11) is 1.63. The molecule has 6 heteroatoms.